The SMILES string of the molecule is Cc1cccc(/C=N\n2cnnc2SCc2ccccc2)c1. The third-order valence-corrected chi connectivity index (χ3v) is 4.09. The molecule has 0 saturated heterocycles. The number of nitrogens with zero attached hydrogens (tertiary/aromatic N) is 4. The lowest BCUT2D eigenvalue weighted by molar-refractivity contribution is 0.767. The molecule has 0 spiro atoms. The third kappa shape index (κ3) is 3.83. The number of aryl methyl sites for hydroxylation is 1. The van der Waals surface area contributed by atoms with Crippen molar-refractivity contribution in [2.24, 2.45) is 5.10 Å². The molecule has 0 saturated carbocycles. The first-order chi connectivity index (χ1) is 10.8. The van der Waals surface area contributed by atoms with Crippen LogP contribution >= 0.6 is 11.8 Å². The topological polar surface area (TPSA) is 43.1 Å². The van der Waals surface area contributed by atoms with Gasteiger partial charge in [0.2, 0.25) is 5.16 Å². The number of hydrogen-bond acceptors (Lipinski definition) is 4. The molecule has 0 fully saturated rings. The van der Waals surface area contributed by atoms with Gasteiger partial charge < -0.3 is 0 Å². The highest BCUT2D eigenvalue weighted by Gasteiger charge is 2.04. The number of thioether (sulfide) groups is 1. The van der Waals surface area contributed by atoms with E-state index in [4.69, 9.17) is 0 Å². The molecule has 0 bridgehead atoms. The van der Waals surface area contributed by atoms with Gasteiger partial charge in [-0.2, -0.15) is 9.78 Å². The molecule has 0 amide bonds. The van der Waals surface area contributed by atoms with Crippen LogP contribution in [0.4, 0.5) is 0 Å². The molecule has 5 heteroatoms. The molecule has 3 rings (SSSR count). The van der Waals surface area contributed by atoms with Gasteiger partial charge in [0.1, 0.15) is 6.33 Å². The van der Waals surface area contributed by atoms with Crippen LogP contribution in [0.3, 0.4) is 0 Å². The van der Waals surface area contributed by atoms with Gasteiger partial charge in [-0.05, 0) is 18.1 Å². The monoisotopic (exact) mass is 308 g/mol. The van der Waals surface area contributed by atoms with Gasteiger partial charge in [0, 0.05) is 5.75 Å². The van der Waals surface area contributed by atoms with Gasteiger partial charge >= 0.3 is 0 Å². The zero-order valence-corrected chi connectivity index (χ0v) is 13.1. The summed E-state index contributed by atoms with van der Waals surface area (Å²) in [4.78, 5) is 0. The quantitative estimate of drug-likeness (QED) is 0.532. The molecule has 4 nitrogen and oxygen atoms in total. The standard InChI is InChI=1S/C17H16N4S/c1-14-6-5-9-16(10-14)11-19-21-13-18-20-17(21)22-12-15-7-3-2-4-8-15/h2-11,13H,12H2,1H3/b19-11-. The highest BCUT2D eigenvalue weighted by Crippen LogP contribution is 2.20. The maximum atomic E-state index is 4.44. The highest BCUT2D eigenvalue weighted by atomic mass is 32.2. The van der Waals surface area contributed by atoms with Crippen molar-refractivity contribution in [3.05, 3.63) is 77.6 Å². The van der Waals surface area contributed by atoms with E-state index in [2.05, 4.69) is 46.5 Å². The molecule has 22 heavy (non-hydrogen) atoms. The Morgan fingerprint density at radius 1 is 1.14 bits per heavy atom. The predicted octanol–water partition coefficient (Wildman–Crippen LogP) is 3.76. The van der Waals surface area contributed by atoms with Crippen molar-refractivity contribution in [1.29, 1.82) is 0 Å². The molecule has 2 aromatic carbocycles. The van der Waals surface area contributed by atoms with Crippen molar-refractivity contribution in [3.63, 3.8) is 0 Å². The Bertz CT molecular complexity index is 765. The summed E-state index contributed by atoms with van der Waals surface area (Å²) in [6.07, 6.45) is 3.45. The van der Waals surface area contributed by atoms with Crippen LogP contribution in [-0.4, -0.2) is 21.1 Å². The average molecular weight is 308 g/mol. The fourth-order valence-corrected chi connectivity index (χ4v) is 2.81. The van der Waals surface area contributed by atoms with Crippen LogP contribution in [0.15, 0.2) is 71.2 Å². The molecule has 1 aromatic heterocycles. The van der Waals surface area contributed by atoms with Crippen LogP contribution in [-0.2, 0) is 5.75 Å². The summed E-state index contributed by atoms with van der Waals surface area (Å²) >= 11 is 1.62. The molecule has 0 N–H and O–H groups in total. The molecule has 0 radical (unpaired) electrons. The summed E-state index contributed by atoms with van der Waals surface area (Å²) in [5, 5.41) is 13.3. The Kier molecular flexibility index (Phi) is 4.65. The largest absolute Gasteiger partial charge is 0.212 e. The summed E-state index contributed by atoms with van der Waals surface area (Å²) in [6, 6.07) is 18.5. The van der Waals surface area contributed by atoms with E-state index in [0.29, 0.717) is 0 Å². The van der Waals surface area contributed by atoms with Gasteiger partial charge in [-0.1, -0.05) is 71.9 Å². The molecular weight excluding hydrogens is 292 g/mol. The van der Waals surface area contributed by atoms with Crippen LogP contribution < -0.4 is 0 Å². The van der Waals surface area contributed by atoms with Crippen LogP contribution in [0.25, 0.3) is 0 Å². The Labute approximate surface area is 133 Å². The maximum absolute atomic E-state index is 4.44. The molecular formula is C17H16N4S. The normalized spacial score (nSPS) is 11.1. The molecule has 0 unspecified atom stereocenters. The molecule has 0 aliphatic carbocycles. The predicted molar refractivity (Wildman–Crippen MR) is 90.2 cm³/mol. The first-order valence-electron chi connectivity index (χ1n) is 6.99. The minimum Gasteiger partial charge on any atom is -0.195 e. The number of rotatable bonds is 5. The van der Waals surface area contributed by atoms with E-state index in [1.165, 1.54) is 11.1 Å². The van der Waals surface area contributed by atoms with Crippen molar-refractivity contribution in [2.75, 3.05) is 0 Å². The summed E-state index contributed by atoms with van der Waals surface area (Å²) in [5.41, 5.74) is 3.53. The van der Waals surface area contributed by atoms with Gasteiger partial charge in [0.25, 0.3) is 0 Å². The van der Waals surface area contributed by atoms with Crippen molar-refractivity contribution < 1.29 is 0 Å². The van der Waals surface area contributed by atoms with Crippen molar-refractivity contribution in [3.8, 4) is 0 Å². The summed E-state index contributed by atoms with van der Waals surface area (Å²) in [6.45, 7) is 2.07. The second kappa shape index (κ2) is 7.04. The minimum absolute atomic E-state index is 0.785. The molecule has 0 atom stereocenters. The zero-order chi connectivity index (χ0) is 15.2. The second-order valence-electron chi connectivity index (χ2n) is 4.89. The molecule has 110 valence electrons. The average Bonchev–Trinajstić information content (AvgIpc) is 2.99. The van der Waals surface area contributed by atoms with Gasteiger partial charge in [-0.25, -0.2) is 0 Å². The van der Waals surface area contributed by atoms with E-state index in [0.717, 1.165) is 16.5 Å². The van der Waals surface area contributed by atoms with E-state index >= 15 is 0 Å². The minimum atomic E-state index is 0.785. The highest BCUT2D eigenvalue weighted by molar-refractivity contribution is 7.98. The lowest BCUT2D eigenvalue weighted by Crippen LogP contribution is -1.93. The van der Waals surface area contributed by atoms with Gasteiger partial charge in [-0.3, -0.25) is 0 Å². The molecule has 3 aromatic rings. The smallest absolute Gasteiger partial charge is 0.195 e. The lowest BCUT2D eigenvalue weighted by atomic mass is 10.2. The summed E-state index contributed by atoms with van der Waals surface area (Å²) in [7, 11) is 0. The van der Waals surface area contributed by atoms with Crippen molar-refractivity contribution in [1.82, 2.24) is 14.9 Å². The fraction of sp³-hybridized carbons (Fsp3) is 0.118. The molecule has 0 aliphatic rings. The van der Waals surface area contributed by atoms with Gasteiger partial charge in [-0.15, -0.1) is 10.2 Å². The van der Waals surface area contributed by atoms with Crippen LogP contribution in [0.1, 0.15) is 16.7 Å². The number of hydrogen-bond donors (Lipinski definition) is 0. The maximum Gasteiger partial charge on any atom is 0.212 e. The van der Waals surface area contributed by atoms with E-state index in [1.807, 2.05) is 36.5 Å². The first kappa shape index (κ1) is 14.5. The van der Waals surface area contributed by atoms with E-state index < -0.39 is 0 Å². The van der Waals surface area contributed by atoms with E-state index in [9.17, 15) is 0 Å². The van der Waals surface area contributed by atoms with E-state index in [-0.39, 0.29) is 0 Å². The Morgan fingerprint density at radius 2 is 2.00 bits per heavy atom. The van der Waals surface area contributed by atoms with Crippen LogP contribution in [0, 0.1) is 6.92 Å². The van der Waals surface area contributed by atoms with Crippen molar-refractivity contribution in [2.45, 2.75) is 17.8 Å². The third-order valence-electron chi connectivity index (χ3n) is 3.08. The number of benzene rings is 2. The van der Waals surface area contributed by atoms with Crippen LogP contribution in [0.2, 0.25) is 0 Å². The van der Waals surface area contributed by atoms with Crippen LogP contribution in [0.5, 0.6) is 0 Å². The van der Waals surface area contributed by atoms with Crippen molar-refractivity contribution >= 4 is 18.0 Å². The number of aromatic nitrogens is 3. The molecule has 1 heterocycles. The second-order valence-corrected chi connectivity index (χ2v) is 5.83. The summed E-state index contributed by atoms with van der Waals surface area (Å²) in [5.74, 6) is 0.847. The van der Waals surface area contributed by atoms with E-state index in [1.54, 1.807) is 22.8 Å². The summed E-state index contributed by atoms with van der Waals surface area (Å²) < 4.78 is 1.70. The van der Waals surface area contributed by atoms with Gasteiger partial charge in [0.05, 0.1) is 6.21 Å². The Morgan fingerprint density at radius 3 is 2.82 bits per heavy atom. The van der Waals surface area contributed by atoms with Gasteiger partial charge in [0.15, 0.2) is 0 Å². The Balaban J connectivity index is 1.69. The lowest BCUT2D eigenvalue weighted by Gasteiger charge is -2.01. The molecule has 0 aliphatic heterocycles. The fourth-order valence-electron chi connectivity index (χ4n) is 1.99. The first-order valence-corrected chi connectivity index (χ1v) is 7.97. The Hall–Kier alpha value is -2.40. The zero-order valence-electron chi connectivity index (χ0n) is 12.3.